The van der Waals surface area contributed by atoms with Crippen LogP contribution in [-0.4, -0.2) is 45.9 Å². The van der Waals surface area contributed by atoms with Gasteiger partial charge < -0.3 is 9.47 Å². The molecule has 2 aromatic rings. The van der Waals surface area contributed by atoms with E-state index in [2.05, 4.69) is 47.9 Å². The van der Waals surface area contributed by atoms with Gasteiger partial charge in [0.2, 0.25) is 0 Å². The van der Waals surface area contributed by atoms with Crippen molar-refractivity contribution in [2.45, 2.75) is 90.7 Å². The molecule has 2 atom stereocenters. The molecule has 1 aliphatic heterocycles. The van der Waals surface area contributed by atoms with Crippen molar-refractivity contribution in [3.8, 4) is 5.88 Å². The lowest BCUT2D eigenvalue weighted by Gasteiger charge is -2.42. The van der Waals surface area contributed by atoms with E-state index in [1.807, 2.05) is 18.2 Å². The summed E-state index contributed by atoms with van der Waals surface area (Å²) in [7, 11) is 2.18. The van der Waals surface area contributed by atoms with E-state index in [1.165, 1.54) is 50.3 Å². The average molecular weight is 515 g/mol. The number of nitrogens with zero attached hydrogens (tertiary/aromatic N) is 3. The van der Waals surface area contributed by atoms with E-state index in [4.69, 9.17) is 9.47 Å². The molecular formula is C29H44N3O3S+. The molecule has 0 saturated carbocycles. The number of rotatable bonds is 16. The van der Waals surface area contributed by atoms with Crippen LogP contribution < -0.4 is 4.74 Å². The van der Waals surface area contributed by atoms with Gasteiger partial charge in [0.1, 0.15) is 12.2 Å². The van der Waals surface area contributed by atoms with Crippen molar-refractivity contribution in [3.63, 3.8) is 0 Å². The SMILES string of the molecule is CCCCCCCC(=O)OC(c1ccccc1)[N+]1(C)CCC=C(c2nsnc2OCCCCCC)C1. The third-order valence-corrected chi connectivity index (χ3v) is 7.45. The van der Waals surface area contributed by atoms with E-state index < -0.39 is 0 Å². The highest BCUT2D eigenvalue weighted by atomic mass is 32.1. The zero-order valence-corrected chi connectivity index (χ0v) is 23.2. The number of carbonyl (C=O) groups excluding carboxylic acids is 1. The number of hydrogen-bond acceptors (Lipinski definition) is 6. The second kappa shape index (κ2) is 15.1. The highest BCUT2D eigenvalue weighted by Crippen LogP contribution is 2.37. The zero-order chi connectivity index (χ0) is 25.6. The molecule has 0 aliphatic carbocycles. The Balaban J connectivity index is 1.70. The minimum Gasteiger partial charge on any atom is -0.475 e. The zero-order valence-electron chi connectivity index (χ0n) is 22.4. The number of carbonyl (C=O) groups is 1. The lowest BCUT2D eigenvalue weighted by atomic mass is 10.0. The molecule has 1 aromatic heterocycles. The van der Waals surface area contributed by atoms with Gasteiger partial charge in [0, 0.05) is 18.4 Å². The second-order valence-electron chi connectivity index (χ2n) is 10.1. The molecule has 6 nitrogen and oxygen atoms in total. The van der Waals surface area contributed by atoms with Crippen molar-refractivity contribution < 1.29 is 18.8 Å². The first-order valence-corrected chi connectivity index (χ1v) is 14.5. The summed E-state index contributed by atoms with van der Waals surface area (Å²) in [5.41, 5.74) is 3.00. The van der Waals surface area contributed by atoms with Gasteiger partial charge in [-0.25, -0.2) is 0 Å². The minimum absolute atomic E-state index is 0.109. The van der Waals surface area contributed by atoms with E-state index in [0.717, 1.165) is 49.1 Å². The summed E-state index contributed by atoms with van der Waals surface area (Å²) in [5.74, 6) is 0.527. The molecule has 0 radical (unpaired) electrons. The molecule has 0 amide bonds. The number of aromatic nitrogens is 2. The first kappa shape index (κ1) is 28.3. The summed E-state index contributed by atoms with van der Waals surface area (Å²) in [6.45, 7) is 6.68. The number of unbranched alkanes of at least 4 members (excludes halogenated alkanes) is 7. The van der Waals surface area contributed by atoms with Crippen molar-refractivity contribution in [1.29, 1.82) is 0 Å². The second-order valence-corrected chi connectivity index (χ2v) is 10.7. The molecule has 0 spiro atoms. The summed E-state index contributed by atoms with van der Waals surface area (Å²) in [6, 6.07) is 10.2. The fourth-order valence-corrected chi connectivity index (χ4v) is 5.37. The Morgan fingerprint density at radius 2 is 1.72 bits per heavy atom. The normalized spacial score (nSPS) is 18.5. The lowest BCUT2D eigenvalue weighted by Crippen LogP contribution is -2.51. The van der Waals surface area contributed by atoms with Gasteiger partial charge in [-0.2, -0.15) is 4.37 Å². The van der Waals surface area contributed by atoms with Crippen LogP contribution >= 0.6 is 11.7 Å². The molecule has 0 N–H and O–H groups in total. The van der Waals surface area contributed by atoms with Crippen LogP contribution in [0.2, 0.25) is 0 Å². The maximum Gasteiger partial charge on any atom is 0.310 e. The number of ether oxygens (including phenoxy) is 2. The summed E-state index contributed by atoms with van der Waals surface area (Å²) in [5, 5.41) is 0. The Morgan fingerprint density at radius 1 is 1.00 bits per heavy atom. The Labute approximate surface area is 221 Å². The average Bonchev–Trinajstić information content (AvgIpc) is 3.36. The molecule has 2 heterocycles. The van der Waals surface area contributed by atoms with E-state index in [1.54, 1.807) is 0 Å². The van der Waals surface area contributed by atoms with Gasteiger partial charge in [-0.1, -0.05) is 83.1 Å². The monoisotopic (exact) mass is 514 g/mol. The predicted octanol–water partition coefficient (Wildman–Crippen LogP) is 7.33. The van der Waals surface area contributed by atoms with Crippen molar-refractivity contribution in [2.24, 2.45) is 0 Å². The van der Waals surface area contributed by atoms with Gasteiger partial charge in [-0.3, -0.25) is 9.28 Å². The van der Waals surface area contributed by atoms with Crippen LogP contribution in [0.3, 0.4) is 0 Å². The fraction of sp³-hybridized carbons (Fsp3) is 0.621. The molecule has 1 aromatic carbocycles. The Morgan fingerprint density at radius 3 is 2.47 bits per heavy atom. The lowest BCUT2D eigenvalue weighted by molar-refractivity contribution is -0.953. The van der Waals surface area contributed by atoms with E-state index in [-0.39, 0.29) is 12.2 Å². The van der Waals surface area contributed by atoms with Gasteiger partial charge in [0.25, 0.3) is 12.1 Å². The van der Waals surface area contributed by atoms with Gasteiger partial charge in [0.15, 0.2) is 0 Å². The van der Waals surface area contributed by atoms with Crippen LogP contribution in [0.5, 0.6) is 5.88 Å². The Bertz CT molecular complexity index is 946. The Hall–Kier alpha value is -2.25. The molecular weight excluding hydrogens is 470 g/mol. The predicted molar refractivity (Wildman–Crippen MR) is 147 cm³/mol. The molecule has 36 heavy (non-hydrogen) atoms. The number of benzene rings is 1. The number of quaternary nitrogens is 1. The third kappa shape index (κ3) is 8.41. The third-order valence-electron chi connectivity index (χ3n) is 6.94. The van der Waals surface area contributed by atoms with Gasteiger partial charge >= 0.3 is 5.97 Å². The maximum atomic E-state index is 12.9. The van der Waals surface area contributed by atoms with Crippen LogP contribution in [0.15, 0.2) is 36.4 Å². The summed E-state index contributed by atoms with van der Waals surface area (Å²) in [6.07, 6.45) is 13.5. The molecule has 0 saturated heterocycles. The molecule has 7 heteroatoms. The largest absolute Gasteiger partial charge is 0.475 e. The van der Waals surface area contributed by atoms with Crippen molar-refractivity contribution in [2.75, 3.05) is 26.7 Å². The topological polar surface area (TPSA) is 61.3 Å². The van der Waals surface area contributed by atoms with Crippen molar-refractivity contribution in [1.82, 2.24) is 8.75 Å². The standard InChI is InChI=1S/C29H44N3O3S/c1-4-6-8-10-14-20-26(33)35-29(24-17-12-11-13-18-24)32(3)21-16-19-25(23-32)27-28(31-36-30-27)34-22-15-9-7-5-2/h11-13,17-19,29H,4-10,14-16,20-23H2,1-3H3/q+1. The summed E-state index contributed by atoms with van der Waals surface area (Å²) >= 11 is 1.20. The van der Waals surface area contributed by atoms with Crippen LogP contribution in [0, 0.1) is 0 Å². The van der Waals surface area contributed by atoms with Crippen molar-refractivity contribution >= 4 is 23.3 Å². The highest BCUT2D eigenvalue weighted by Gasteiger charge is 2.40. The molecule has 0 fully saturated rings. The number of esters is 1. The van der Waals surface area contributed by atoms with E-state index in [0.29, 0.717) is 29.9 Å². The Kier molecular flexibility index (Phi) is 11.9. The highest BCUT2D eigenvalue weighted by molar-refractivity contribution is 6.99. The van der Waals surface area contributed by atoms with Crippen LogP contribution in [-0.2, 0) is 9.53 Å². The molecule has 3 rings (SSSR count). The van der Waals surface area contributed by atoms with Crippen LogP contribution in [0.1, 0.15) is 102 Å². The maximum absolute atomic E-state index is 12.9. The first-order chi connectivity index (χ1) is 17.6. The number of hydrogen-bond donors (Lipinski definition) is 0. The fourth-order valence-electron chi connectivity index (χ4n) is 4.84. The minimum atomic E-state index is -0.358. The molecule has 2 unspecified atom stereocenters. The molecule has 198 valence electrons. The van der Waals surface area contributed by atoms with Crippen LogP contribution in [0.25, 0.3) is 5.57 Å². The molecule has 1 aliphatic rings. The van der Waals surface area contributed by atoms with Crippen LogP contribution in [0.4, 0.5) is 0 Å². The number of likely N-dealkylation sites (N-methyl/N-ethyl adjacent to an activating group) is 1. The summed E-state index contributed by atoms with van der Waals surface area (Å²) in [4.78, 5) is 12.9. The smallest absolute Gasteiger partial charge is 0.310 e. The van der Waals surface area contributed by atoms with Crippen molar-refractivity contribution in [3.05, 3.63) is 47.7 Å². The van der Waals surface area contributed by atoms with Gasteiger partial charge in [0.05, 0.1) is 37.5 Å². The van der Waals surface area contributed by atoms with Gasteiger partial charge in [-0.05, 0) is 25.0 Å². The first-order valence-electron chi connectivity index (χ1n) is 13.8. The summed E-state index contributed by atoms with van der Waals surface area (Å²) < 4.78 is 21.9. The quantitative estimate of drug-likeness (QED) is 0.133. The van der Waals surface area contributed by atoms with E-state index in [9.17, 15) is 4.79 Å². The van der Waals surface area contributed by atoms with Gasteiger partial charge in [-0.15, -0.1) is 4.37 Å². The van der Waals surface area contributed by atoms with E-state index >= 15 is 0 Å². The molecule has 0 bridgehead atoms.